The summed E-state index contributed by atoms with van der Waals surface area (Å²) in [6.45, 7) is 3.03. The Balaban J connectivity index is 2.20. The van der Waals surface area contributed by atoms with Crippen LogP contribution in [0.15, 0.2) is 18.2 Å². The van der Waals surface area contributed by atoms with Gasteiger partial charge in [-0.3, -0.25) is 4.79 Å². The van der Waals surface area contributed by atoms with E-state index >= 15 is 0 Å². The maximum atomic E-state index is 13.6. The molecule has 1 amide bonds. The minimum Gasteiger partial charge on any atom is -0.337 e. The second kappa shape index (κ2) is 4.63. The van der Waals surface area contributed by atoms with E-state index in [1.165, 1.54) is 12.1 Å². The van der Waals surface area contributed by atoms with E-state index in [4.69, 9.17) is 17.3 Å². The summed E-state index contributed by atoms with van der Waals surface area (Å²) in [7, 11) is 0. The molecule has 0 saturated carbocycles. The van der Waals surface area contributed by atoms with Crippen LogP contribution >= 0.6 is 11.6 Å². The first-order valence-electron chi connectivity index (χ1n) is 5.49. The normalized spacial score (nSPS) is 24.1. The third-order valence-electron chi connectivity index (χ3n) is 3.12. The molecule has 0 aromatic heterocycles. The number of rotatable bonds is 1. The van der Waals surface area contributed by atoms with Crippen molar-refractivity contribution in [3.05, 3.63) is 34.6 Å². The van der Waals surface area contributed by atoms with Crippen LogP contribution in [0, 0.1) is 11.7 Å². The lowest BCUT2D eigenvalue weighted by molar-refractivity contribution is 0.0782. The maximum Gasteiger partial charge on any atom is 0.256 e. The van der Waals surface area contributed by atoms with Crippen molar-refractivity contribution in [1.29, 1.82) is 0 Å². The van der Waals surface area contributed by atoms with Gasteiger partial charge in [-0.1, -0.05) is 18.5 Å². The molecule has 0 radical (unpaired) electrons. The molecule has 2 atom stereocenters. The first kappa shape index (κ1) is 12.3. The summed E-state index contributed by atoms with van der Waals surface area (Å²) >= 11 is 5.64. The SMILES string of the molecule is CC1CN(C(=O)c2ccc(Cl)cc2F)CC1N. The molecule has 2 rings (SSSR count). The molecule has 1 fully saturated rings. The number of carbonyl (C=O) groups excluding carboxylic acids is 1. The smallest absolute Gasteiger partial charge is 0.256 e. The minimum atomic E-state index is -0.587. The molecular formula is C12H14ClFN2O. The molecule has 1 heterocycles. The van der Waals surface area contributed by atoms with E-state index in [0.29, 0.717) is 13.1 Å². The number of nitrogens with two attached hydrogens (primary N) is 1. The number of halogens is 2. The van der Waals surface area contributed by atoms with Gasteiger partial charge in [-0.05, 0) is 24.1 Å². The molecule has 17 heavy (non-hydrogen) atoms. The lowest BCUT2D eigenvalue weighted by atomic mass is 10.1. The zero-order valence-electron chi connectivity index (χ0n) is 9.49. The lowest BCUT2D eigenvalue weighted by Gasteiger charge is -2.16. The summed E-state index contributed by atoms with van der Waals surface area (Å²) < 4.78 is 13.6. The fourth-order valence-electron chi connectivity index (χ4n) is 1.99. The predicted molar refractivity (Wildman–Crippen MR) is 64.5 cm³/mol. The first-order valence-corrected chi connectivity index (χ1v) is 5.86. The second-order valence-corrected chi connectivity index (χ2v) is 4.91. The van der Waals surface area contributed by atoms with Crippen LogP contribution < -0.4 is 5.73 Å². The van der Waals surface area contributed by atoms with E-state index in [1.54, 1.807) is 4.90 Å². The largest absolute Gasteiger partial charge is 0.337 e. The molecule has 92 valence electrons. The minimum absolute atomic E-state index is 0.0330. The van der Waals surface area contributed by atoms with Crippen LogP contribution in [-0.4, -0.2) is 29.9 Å². The third-order valence-corrected chi connectivity index (χ3v) is 3.35. The van der Waals surface area contributed by atoms with Crippen LogP contribution in [0.5, 0.6) is 0 Å². The molecule has 1 aliphatic rings. The van der Waals surface area contributed by atoms with Crippen LogP contribution in [0.2, 0.25) is 5.02 Å². The molecular weight excluding hydrogens is 243 g/mol. The van der Waals surface area contributed by atoms with E-state index in [0.717, 1.165) is 6.07 Å². The molecule has 2 N–H and O–H groups in total. The van der Waals surface area contributed by atoms with Gasteiger partial charge in [-0.15, -0.1) is 0 Å². The molecule has 0 spiro atoms. The zero-order chi connectivity index (χ0) is 12.6. The molecule has 5 heteroatoms. The Hall–Kier alpha value is -1.13. The number of amides is 1. The fourth-order valence-corrected chi connectivity index (χ4v) is 2.15. The van der Waals surface area contributed by atoms with E-state index in [2.05, 4.69) is 0 Å². The monoisotopic (exact) mass is 256 g/mol. The highest BCUT2D eigenvalue weighted by Crippen LogP contribution is 2.20. The summed E-state index contributed by atoms with van der Waals surface area (Å²) in [5, 5.41) is 0.283. The third kappa shape index (κ3) is 2.42. The van der Waals surface area contributed by atoms with Gasteiger partial charge in [0.05, 0.1) is 5.56 Å². The average molecular weight is 257 g/mol. The maximum absolute atomic E-state index is 13.6. The molecule has 2 unspecified atom stereocenters. The Morgan fingerprint density at radius 2 is 2.24 bits per heavy atom. The van der Waals surface area contributed by atoms with Crippen molar-refractivity contribution in [2.24, 2.45) is 11.7 Å². The van der Waals surface area contributed by atoms with Crippen LogP contribution in [0.1, 0.15) is 17.3 Å². The molecule has 3 nitrogen and oxygen atoms in total. The molecule has 1 aliphatic heterocycles. The highest BCUT2D eigenvalue weighted by molar-refractivity contribution is 6.30. The van der Waals surface area contributed by atoms with Gasteiger partial charge in [0.15, 0.2) is 0 Å². The van der Waals surface area contributed by atoms with Gasteiger partial charge in [0, 0.05) is 24.2 Å². The van der Waals surface area contributed by atoms with Crippen molar-refractivity contribution in [1.82, 2.24) is 4.90 Å². The number of hydrogen-bond acceptors (Lipinski definition) is 2. The predicted octanol–water partition coefficient (Wildman–Crippen LogP) is 1.90. The van der Waals surface area contributed by atoms with Crippen molar-refractivity contribution in [2.75, 3.05) is 13.1 Å². The van der Waals surface area contributed by atoms with Crippen LogP contribution in [0.25, 0.3) is 0 Å². The second-order valence-electron chi connectivity index (χ2n) is 4.48. The number of benzene rings is 1. The standard InChI is InChI=1S/C12H14ClFN2O/c1-7-5-16(6-11(7)15)12(17)9-3-2-8(13)4-10(9)14/h2-4,7,11H,5-6,15H2,1H3. The van der Waals surface area contributed by atoms with Gasteiger partial charge in [0.25, 0.3) is 5.91 Å². The van der Waals surface area contributed by atoms with E-state index in [1.807, 2.05) is 6.92 Å². The van der Waals surface area contributed by atoms with Gasteiger partial charge < -0.3 is 10.6 Å². The molecule has 0 bridgehead atoms. The highest BCUT2D eigenvalue weighted by Gasteiger charge is 2.31. The van der Waals surface area contributed by atoms with Crippen LogP contribution in [0.4, 0.5) is 4.39 Å². The molecule has 1 aromatic rings. The van der Waals surface area contributed by atoms with Crippen molar-refractivity contribution in [3.63, 3.8) is 0 Å². The van der Waals surface area contributed by atoms with Crippen molar-refractivity contribution < 1.29 is 9.18 Å². The zero-order valence-corrected chi connectivity index (χ0v) is 10.2. The summed E-state index contributed by atoms with van der Waals surface area (Å²) in [4.78, 5) is 13.6. The van der Waals surface area contributed by atoms with Gasteiger partial charge >= 0.3 is 0 Å². The first-order chi connectivity index (χ1) is 7.99. The Kier molecular flexibility index (Phi) is 3.35. The quantitative estimate of drug-likeness (QED) is 0.834. The topological polar surface area (TPSA) is 46.3 Å². The average Bonchev–Trinajstić information content (AvgIpc) is 2.58. The van der Waals surface area contributed by atoms with Crippen molar-refractivity contribution in [3.8, 4) is 0 Å². The lowest BCUT2D eigenvalue weighted by Crippen LogP contribution is -2.32. The number of carbonyl (C=O) groups is 1. The molecule has 1 saturated heterocycles. The summed E-state index contributed by atoms with van der Waals surface area (Å²) in [6.07, 6.45) is 0. The van der Waals surface area contributed by atoms with E-state index in [-0.39, 0.29) is 28.5 Å². The summed E-state index contributed by atoms with van der Waals surface area (Å²) in [6, 6.07) is 4.04. The fraction of sp³-hybridized carbons (Fsp3) is 0.417. The van der Waals surface area contributed by atoms with Gasteiger partial charge in [0.2, 0.25) is 0 Å². The Labute approximate surface area is 104 Å². The van der Waals surface area contributed by atoms with Gasteiger partial charge in [0.1, 0.15) is 5.82 Å². The number of nitrogens with zero attached hydrogens (tertiary/aromatic N) is 1. The van der Waals surface area contributed by atoms with Crippen molar-refractivity contribution >= 4 is 17.5 Å². The van der Waals surface area contributed by atoms with Crippen LogP contribution in [0.3, 0.4) is 0 Å². The number of likely N-dealkylation sites (tertiary alicyclic amines) is 1. The van der Waals surface area contributed by atoms with Gasteiger partial charge in [-0.2, -0.15) is 0 Å². The molecule has 0 aliphatic carbocycles. The van der Waals surface area contributed by atoms with E-state index < -0.39 is 5.82 Å². The number of hydrogen-bond donors (Lipinski definition) is 1. The van der Waals surface area contributed by atoms with Crippen LogP contribution in [-0.2, 0) is 0 Å². The van der Waals surface area contributed by atoms with Crippen molar-refractivity contribution in [2.45, 2.75) is 13.0 Å². The summed E-state index contributed by atoms with van der Waals surface area (Å²) in [5.74, 6) is -0.663. The van der Waals surface area contributed by atoms with Gasteiger partial charge in [-0.25, -0.2) is 4.39 Å². The Morgan fingerprint density at radius 3 is 2.76 bits per heavy atom. The van der Waals surface area contributed by atoms with E-state index in [9.17, 15) is 9.18 Å². The summed E-state index contributed by atoms with van der Waals surface area (Å²) in [5.41, 5.74) is 5.89. The Bertz CT molecular complexity index is 442. The highest BCUT2D eigenvalue weighted by atomic mass is 35.5. The Morgan fingerprint density at radius 1 is 1.53 bits per heavy atom. The molecule has 1 aromatic carbocycles.